The average Bonchev–Trinajstić information content (AvgIpc) is 2.26. The normalized spacial score (nSPS) is 37.2. The second-order valence-electron chi connectivity index (χ2n) is 3.70. The molecule has 2 unspecified atom stereocenters. The lowest BCUT2D eigenvalue weighted by molar-refractivity contribution is -0.208. The standard InChI is InChI=1S/C7H8F4O2/c1-5(2)3(4(12)13)6(5,8)7(9,10)11/h3H,1-2H3,(H,12,13). The molecule has 0 aromatic carbocycles. The van der Waals surface area contributed by atoms with Gasteiger partial charge in [0, 0.05) is 5.41 Å². The number of carboxylic acid groups (broad SMARTS) is 1. The maximum atomic E-state index is 13.2. The molecule has 13 heavy (non-hydrogen) atoms. The second kappa shape index (κ2) is 2.16. The maximum Gasteiger partial charge on any atom is 0.423 e. The maximum absolute atomic E-state index is 13.2. The van der Waals surface area contributed by atoms with Crippen molar-refractivity contribution < 1.29 is 27.5 Å². The summed E-state index contributed by atoms with van der Waals surface area (Å²) in [5.41, 5.74) is -5.44. The number of alkyl halides is 4. The predicted molar refractivity (Wildman–Crippen MR) is 34.8 cm³/mol. The Kier molecular flexibility index (Phi) is 1.71. The molecule has 1 rings (SSSR count). The van der Waals surface area contributed by atoms with E-state index in [0.29, 0.717) is 0 Å². The van der Waals surface area contributed by atoms with E-state index in [-0.39, 0.29) is 0 Å². The Bertz CT molecular complexity index is 258. The van der Waals surface area contributed by atoms with Crippen molar-refractivity contribution in [2.24, 2.45) is 11.3 Å². The summed E-state index contributed by atoms with van der Waals surface area (Å²) < 4.78 is 49.5. The van der Waals surface area contributed by atoms with Crippen molar-refractivity contribution in [2.75, 3.05) is 0 Å². The van der Waals surface area contributed by atoms with Crippen LogP contribution < -0.4 is 0 Å². The monoisotopic (exact) mass is 200 g/mol. The highest BCUT2D eigenvalue weighted by atomic mass is 19.4. The molecule has 2 atom stereocenters. The number of aliphatic carboxylic acids is 1. The van der Waals surface area contributed by atoms with Gasteiger partial charge in [-0.25, -0.2) is 4.39 Å². The Morgan fingerprint density at radius 1 is 1.38 bits per heavy atom. The van der Waals surface area contributed by atoms with Crippen molar-refractivity contribution >= 4 is 5.97 Å². The van der Waals surface area contributed by atoms with Gasteiger partial charge in [-0.15, -0.1) is 0 Å². The molecule has 2 nitrogen and oxygen atoms in total. The van der Waals surface area contributed by atoms with Crippen molar-refractivity contribution in [3.8, 4) is 0 Å². The molecule has 0 amide bonds. The van der Waals surface area contributed by atoms with Gasteiger partial charge in [0.1, 0.15) is 5.92 Å². The first-order valence-corrected chi connectivity index (χ1v) is 3.55. The molecular formula is C7H8F4O2. The lowest BCUT2D eigenvalue weighted by Crippen LogP contribution is -2.33. The molecule has 0 bridgehead atoms. The first-order valence-electron chi connectivity index (χ1n) is 3.55. The quantitative estimate of drug-likeness (QED) is 0.657. The van der Waals surface area contributed by atoms with Gasteiger partial charge in [0.15, 0.2) is 0 Å². The summed E-state index contributed by atoms with van der Waals surface area (Å²) in [6.45, 7) is 1.92. The van der Waals surface area contributed by atoms with Crippen LogP contribution in [-0.2, 0) is 4.79 Å². The highest BCUT2D eigenvalue weighted by molar-refractivity contribution is 5.78. The molecule has 0 spiro atoms. The zero-order valence-corrected chi connectivity index (χ0v) is 6.94. The van der Waals surface area contributed by atoms with Gasteiger partial charge < -0.3 is 5.11 Å². The van der Waals surface area contributed by atoms with Gasteiger partial charge in [-0.1, -0.05) is 13.8 Å². The smallest absolute Gasteiger partial charge is 0.423 e. The van der Waals surface area contributed by atoms with Gasteiger partial charge in [-0.05, 0) is 0 Å². The minimum Gasteiger partial charge on any atom is -0.481 e. The van der Waals surface area contributed by atoms with Crippen LogP contribution in [0.1, 0.15) is 13.8 Å². The average molecular weight is 200 g/mol. The predicted octanol–water partition coefficient (Wildman–Crippen LogP) is 2.00. The fourth-order valence-electron chi connectivity index (χ4n) is 1.72. The van der Waals surface area contributed by atoms with Crippen LogP contribution in [0, 0.1) is 11.3 Å². The summed E-state index contributed by atoms with van der Waals surface area (Å²) >= 11 is 0. The molecule has 1 saturated carbocycles. The van der Waals surface area contributed by atoms with E-state index in [1.54, 1.807) is 0 Å². The van der Waals surface area contributed by atoms with Crippen LogP contribution >= 0.6 is 0 Å². The van der Waals surface area contributed by atoms with Crippen LogP contribution in [-0.4, -0.2) is 22.9 Å². The zero-order valence-electron chi connectivity index (χ0n) is 6.94. The Hall–Kier alpha value is -0.810. The van der Waals surface area contributed by atoms with Crippen LogP contribution in [0.2, 0.25) is 0 Å². The zero-order chi connectivity index (χ0) is 10.7. The van der Waals surface area contributed by atoms with E-state index in [9.17, 15) is 22.4 Å². The third kappa shape index (κ3) is 0.971. The minimum atomic E-state index is -5.11. The number of carboxylic acids is 1. The summed E-state index contributed by atoms with van der Waals surface area (Å²) in [6.07, 6.45) is -5.11. The number of carbonyl (C=O) groups is 1. The molecule has 1 aliphatic rings. The first kappa shape index (κ1) is 10.3. The largest absolute Gasteiger partial charge is 0.481 e. The van der Waals surface area contributed by atoms with Gasteiger partial charge in [0.25, 0.3) is 0 Å². The van der Waals surface area contributed by atoms with E-state index in [2.05, 4.69) is 0 Å². The van der Waals surface area contributed by atoms with Crippen LogP contribution in [0.5, 0.6) is 0 Å². The molecule has 1 aliphatic carbocycles. The van der Waals surface area contributed by atoms with Crippen LogP contribution in [0.15, 0.2) is 0 Å². The fourth-order valence-corrected chi connectivity index (χ4v) is 1.72. The van der Waals surface area contributed by atoms with Crippen LogP contribution in [0.3, 0.4) is 0 Å². The van der Waals surface area contributed by atoms with E-state index < -0.39 is 29.1 Å². The van der Waals surface area contributed by atoms with Crippen molar-refractivity contribution in [2.45, 2.75) is 25.7 Å². The van der Waals surface area contributed by atoms with Gasteiger partial charge >= 0.3 is 12.1 Å². The molecule has 0 saturated heterocycles. The van der Waals surface area contributed by atoms with Crippen LogP contribution in [0.4, 0.5) is 17.6 Å². The molecule has 0 aromatic rings. The summed E-state index contributed by atoms with van der Waals surface area (Å²) in [4.78, 5) is 10.3. The van der Waals surface area contributed by atoms with E-state index >= 15 is 0 Å². The third-order valence-electron chi connectivity index (χ3n) is 2.63. The summed E-state index contributed by atoms with van der Waals surface area (Å²) in [6, 6.07) is 0. The molecule has 0 heterocycles. The molecule has 0 radical (unpaired) electrons. The topological polar surface area (TPSA) is 37.3 Å². The van der Waals surface area contributed by atoms with Gasteiger partial charge in [0.05, 0.1) is 0 Å². The van der Waals surface area contributed by atoms with Crippen LogP contribution in [0.25, 0.3) is 0 Å². The number of rotatable bonds is 1. The third-order valence-corrected chi connectivity index (χ3v) is 2.63. The molecule has 1 fully saturated rings. The van der Waals surface area contributed by atoms with E-state index in [1.807, 2.05) is 0 Å². The highest BCUT2D eigenvalue weighted by Crippen LogP contribution is 2.70. The Balaban J connectivity index is 3.04. The van der Waals surface area contributed by atoms with Gasteiger partial charge in [-0.3, -0.25) is 4.79 Å². The van der Waals surface area contributed by atoms with E-state index in [1.165, 1.54) is 0 Å². The lowest BCUT2D eigenvalue weighted by atomic mass is 10.1. The molecule has 76 valence electrons. The van der Waals surface area contributed by atoms with Crippen molar-refractivity contribution in [3.63, 3.8) is 0 Å². The second-order valence-corrected chi connectivity index (χ2v) is 3.70. The summed E-state index contributed by atoms with van der Waals surface area (Å²) in [5, 5.41) is 8.35. The Morgan fingerprint density at radius 2 is 1.77 bits per heavy atom. The van der Waals surface area contributed by atoms with Gasteiger partial charge in [0.2, 0.25) is 5.67 Å². The van der Waals surface area contributed by atoms with E-state index in [4.69, 9.17) is 5.11 Å². The molecule has 0 aliphatic heterocycles. The van der Waals surface area contributed by atoms with Crippen molar-refractivity contribution in [1.82, 2.24) is 0 Å². The molecule has 1 N–H and O–H groups in total. The van der Waals surface area contributed by atoms with Gasteiger partial charge in [-0.2, -0.15) is 13.2 Å². The summed E-state index contributed by atoms with van der Waals surface area (Å²) in [7, 11) is 0. The summed E-state index contributed by atoms with van der Waals surface area (Å²) in [5.74, 6) is -3.73. The Labute approximate surface area is 71.5 Å². The number of hydrogen-bond acceptors (Lipinski definition) is 1. The van der Waals surface area contributed by atoms with Crippen molar-refractivity contribution in [1.29, 1.82) is 0 Å². The Morgan fingerprint density at radius 3 is 1.85 bits per heavy atom. The molecule has 6 heteroatoms. The minimum absolute atomic E-state index is 0.958. The lowest BCUT2D eigenvalue weighted by Gasteiger charge is -2.13. The highest BCUT2D eigenvalue weighted by Gasteiger charge is 2.87. The number of hydrogen-bond donors (Lipinski definition) is 1. The SMILES string of the molecule is CC1(C)C(C(=O)O)C1(F)C(F)(F)F. The fraction of sp³-hybridized carbons (Fsp3) is 0.857. The van der Waals surface area contributed by atoms with E-state index in [0.717, 1.165) is 13.8 Å². The van der Waals surface area contributed by atoms with Crippen molar-refractivity contribution in [3.05, 3.63) is 0 Å². The first-order chi connectivity index (χ1) is 5.57. The number of halogens is 4. The molecular weight excluding hydrogens is 192 g/mol. The molecule has 0 aromatic heterocycles.